The second-order valence-corrected chi connectivity index (χ2v) is 4.40. The number of rotatable bonds is 4. The van der Waals surface area contributed by atoms with E-state index < -0.39 is 0 Å². The lowest BCUT2D eigenvalue weighted by atomic mass is 9.94. The molecule has 0 saturated carbocycles. The van der Waals surface area contributed by atoms with Gasteiger partial charge in [0.1, 0.15) is 0 Å². The largest absolute Gasteiger partial charge is 0.383 e. The molecule has 2 atom stereocenters. The zero-order valence-corrected chi connectivity index (χ0v) is 9.90. The Morgan fingerprint density at radius 2 is 2.00 bits per heavy atom. The molecule has 3 nitrogen and oxygen atoms in total. The quantitative estimate of drug-likeness (QED) is 0.753. The minimum absolute atomic E-state index is 0.0681. The third kappa shape index (κ3) is 2.93. The first-order chi connectivity index (χ1) is 7.04. The zero-order valence-electron chi connectivity index (χ0n) is 9.90. The van der Waals surface area contributed by atoms with Gasteiger partial charge in [0.05, 0.1) is 12.1 Å². The Morgan fingerprint density at radius 3 is 2.40 bits per heavy atom. The number of carbonyl (C=O) groups excluding carboxylic acids is 1. The number of nitrogens with one attached hydrogen (secondary N) is 1. The molecule has 2 unspecified atom stereocenters. The highest BCUT2D eigenvalue weighted by atomic mass is 16.1. The van der Waals surface area contributed by atoms with Crippen LogP contribution >= 0.6 is 0 Å². The third-order valence-electron chi connectivity index (χ3n) is 2.57. The summed E-state index contributed by atoms with van der Waals surface area (Å²) in [6.45, 7) is 3.89. The summed E-state index contributed by atoms with van der Waals surface area (Å²) in [6, 6.07) is -0.00824. The number of Topliss-reactive ketones (excluding diaryl/α,β-unsaturated/α-hetero) is 1. The Hall–Kier alpha value is -1.09. The summed E-state index contributed by atoms with van der Waals surface area (Å²) in [5.41, 5.74) is 0. The van der Waals surface area contributed by atoms with Crippen LogP contribution in [0.2, 0.25) is 0 Å². The van der Waals surface area contributed by atoms with E-state index in [4.69, 9.17) is 0 Å². The summed E-state index contributed by atoms with van der Waals surface area (Å²) >= 11 is 0. The van der Waals surface area contributed by atoms with Crippen LogP contribution < -0.4 is 5.32 Å². The number of allylic oxidation sites excluding steroid dienone is 2. The minimum Gasteiger partial charge on any atom is -0.383 e. The smallest absolute Gasteiger partial charge is 0.154 e. The fraction of sp³-hybridized carbons (Fsp3) is 0.583. The van der Waals surface area contributed by atoms with Crippen molar-refractivity contribution in [3.8, 4) is 0 Å². The first kappa shape index (κ1) is 12.0. The van der Waals surface area contributed by atoms with E-state index >= 15 is 0 Å². The van der Waals surface area contributed by atoms with E-state index in [1.165, 1.54) is 0 Å². The Morgan fingerprint density at radius 1 is 1.33 bits per heavy atom. The van der Waals surface area contributed by atoms with Gasteiger partial charge < -0.3 is 5.32 Å². The molecule has 0 aromatic rings. The SMILES string of the molecule is CC(C)C(=O)C(C1C=CC=CN1)N(C)C. The van der Waals surface area contributed by atoms with Crippen LogP contribution in [0.25, 0.3) is 0 Å². The van der Waals surface area contributed by atoms with E-state index in [2.05, 4.69) is 5.32 Å². The van der Waals surface area contributed by atoms with Gasteiger partial charge >= 0.3 is 0 Å². The molecule has 0 bridgehead atoms. The summed E-state index contributed by atoms with van der Waals surface area (Å²) in [4.78, 5) is 14.0. The average Bonchev–Trinajstić information content (AvgIpc) is 2.18. The highest BCUT2D eigenvalue weighted by molar-refractivity contribution is 5.86. The van der Waals surface area contributed by atoms with E-state index in [0.29, 0.717) is 0 Å². The number of carbonyl (C=O) groups is 1. The van der Waals surface area contributed by atoms with Gasteiger partial charge in [-0.2, -0.15) is 0 Å². The molecule has 3 heteroatoms. The van der Waals surface area contributed by atoms with Crippen LogP contribution in [0.3, 0.4) is 0 Å². The number of ketones is 1. The Labute approximate surface area is 91.8 Å². The zero-order chi connectivity index (χ0) is 11.4. The molecule has 15 heavy (non-hydrogen) atoms. The van der Waals surface area contributed by atoms with Crippen LogP contribution in [0, 0.1) is 5.92 Å². The lowest BCUT2D eigenvalue weighted by Gasteiger charge is -2.31. The van der Waals surface area contributed by atoms with Crippen molar-refractivity contribution >= 4 is 5.78 Å². The van der Waals surface area contributed by atoms with Crippen molar-refractivity contribution in [3.63, 3.8) is 0 Å². The molecule has 0 radical (unpaired) electrons. The van der Waals surface area contributed by atoms with Crippen LogP contribution in [-0.4, -0.2) is 36.9 Å². The van der Waals surface area contributed by atoms with Crippen LogP contribution in [0.4, 0.5) is 0 Å². The lowest BCUT2D eigenvalue weighted by molar-refractivity contribution is -0.126. The maximum Gasteiger partial charge on any atom is 0.154 e. The summed E-state index contributed by atoms with van der Waals surface area (Å²) in [5, 5.41) is 3.21. The van der Waals surface area contributed by atoms with E-state index in [-0.39, 0.29) is 23.8 Å². The van der Waals surface area contributed by atoms with Gasteiger partial charge in [0.2, 0.25) is 0 Å². The van der Waals surface area contributed by atoms with Crippen LogP contribution in [0.1, 0.15) is 13.8 Å². The number of dihydropyridines is 1. The first-order valence-electron chi connectivity index (χ1n) is 5.33. The lowest BCUT2D eigenvalue weighted by Crippen LogP contribution is -2.51. The summed E-state index contributed by atoms with van der Waals surface area (Å²) in [7, 11) is 3.89. The Balaban J connectivity index is 2.78. The van der Waals surface area contributed by atoms with Crippen molar-refractivity contribution in [3.05, 3.63) is 24.4 Å². The number of nitrogens with zero attached hydrogens (tertiary/aromatic N) is 1. The summed E-state index contributed by atoms with van der Waals surface area (Å²) < 4.78 is 0. The molecule has 1 aliphatic rings. The molecule has 84 valence electrons. The molecule has 0 spiro atoms. The van der Waals surface area contributed by atoms with Crippen LogP contribution in [0.15, 0.2) is 24.4 Å². The van der Waals surface area contributed by atoms with E-state index in [1.807, 2.05) is 57.3 Å². The van der Waals surface area contributed by atoms with E-state index in [1.54, 1.807) is 0 Å². The van der Waals surface area contributed by atoms with Gasteiger partial charge in [-0.1, -0.05) is 26.0 Å². The summed E-state index contributed by atoms with van der Waals surface area (Å²) in [5.74, 6) is 0.343. The molecule has 0 fully saturated rings. The fourth-order valence-corrected chi connectivity index (χ4v) is 1.75. The normalized spacial score (nSPS) is 21.9. The van der Waals surface area contributed by atoms with Gasteiger partial charge in [0.15, 0.2) is 5.78 Å². The molecule has 0 aromatic carbocycles. The molecular weight excluding hydrogens is 188 g/mol. The Kier molecular flexibility index (Phi) is 4.09. The molecule has 1 rings (SSSR count). The second kappa shape index (κ2) is 5.12. The van der Waals surface area contributed by atoms with Gasteiger partial charge in [-0.15, -0.1) is 0 Å². The van der Waals surface area contributed by atoms with Crippen molar-refractivity contribution in [2.24, 2.45) is 5.92 Å². The van der Waals surface area contributed by atoms with Crippen LogP contribution in [-0.2, 0) is 4.79 Å². The molecular formula is C12H20N2O. The second-order valence-electron chi connectivity index (χ2n) is 4.40. The molecule has 0 saturated heterocycles. The topological polar surface area (TPSA) is 32.3 Å². The predicted octanol–water partition coefficient (Wildman–Crippen LogP) is 1.18. The fourth-order valence-electron chi connectivity index (χ4n) is 1.75. The van der Waals surface area contributed by atoms with E-state index in [9.17, 15) is 4.79 Å². The maximum absolute atomic E-state index is 12.0. The van der Waals surface area contributed by atoms with E-state index in [0.717, 1.165) is 0 Å². The highest BCUT2D eigenvalue weighted by Crippen LogP contribution is 2.12. The standard InChI is InChI=1S/C12H20N2O/c1-9(2)12(15)11(14(3)4)10-7-5-6-8-13-10/h5-11,13H,1-4H3. The van der Waals surface area contributed by atoms with Crippen LogP contribution in [0.5, 0.6) is 0 Å². The Bertz CT molecular complexity index is 279. The molecule has 1 N–H and O–H groups in total. The molecule has 0 aliphatic carbocycles. The summed E-state index contributed by atoms with van der Waals surface area (Å²) in [6.07, 6.45) is 7.83. The van der Waals surface area contributed by atoms with Gasteiger partial charge in [0.25, 0.3) is 0 Å². The number of hydrogen-bond acceptors (Lipinski definition) is 3. The van der Waals surface area contributed by atoms with Crippen molar-refractivity contribution in [1.82, 2.24) is 10.2 Å². The predicted molar refractivity (Wildman–Crippen MR) is 62.5 cm³/mol. The highest BCUT2D eigenvalue weighted by Gasteiger charge is 2.29. The monoisotopic (exact) mass is 208 g/mol. The average molecular weight is 208 g/mol. The van der Waals surface area contributed by atoms with Gasteiger partial charge in [-0.05, 0) is 26.4 Å². The maximum atomic E-state index is 12.0. The molecule has 1 heterocycles. The van der Waals surface area contributed by atoms with Crippen molar-refractivity contribution < 1.29 is 4.79 Å². The van der Waals surface area contributed by atoms with Gasteiger partial charge in [-0.3, -0.25) is 9.69 Å². The van der Waals surface area contributed by atoms with Crippen molar-refractivity contribution in [2.45, 2.75) is 25.9 Å². The van der Waals surface area contributed by atoms with Crippen molar-refractivity contribution in [2.75, 3.05) is 14.1 Å². The molecule has 0 amide bonds. The number of likely N-dealkylation sites (N-methyl/N-ethyl adjacent to an activating group) is 1. The first-order valence-corrected chi connectivity index (χ1v) is 5.33. The molecule has 1 aliphatic heterocycles. The molecule has 0 aromatic heterocycles. The van der Waals surface area contributed by atoms with Crippen molar-refractivity contribution in [1.29, 1.82) is 0 Å². The van der Waals surface area contributed by atoms with Gasteiger partial charge in [-0.25, -0.2) is 0 Å². The van der Waals surface area contributed by atoms with Gasteiger partial charge in [0, 0.05) is 5.92 Å². The number of hydrogen-bond donors (Lipinski definition) is 1. The third-order valence-corrected chi connectivity index (χ3v) is 2.57. The minimum atomic E-state index is -0.0915.